The Labute approximate surface area is 91.2 Å². The van der Waals surface area contributed by atoms with E-state index in [1.807, 2.05) is 30.3 Å². The molecule has 0 spiro atoms. The van der Waals surface area contributed by atoms with Crippen LogP contribution >= 0.6 is 46.6 Å². The fourth-order valence-electron chi connectivity index (χ4n) is 0.682. The van der Waals surface area contributed by atoms with Crippen molar-refractivity contribution in [2.75, 3.05) is 5.75 Å². The molecule has 0 bridgehead atoms. The summed E-state index contributed by atoms with van der Waals surface area (Å²) in [6.07, 6.45) is 0. The van der Waals surface area contributed by atoms with Gasteiger partial charge in [-0.15, -0.1) is 11.8 Å². The van der Waals surface area contributed by atoms with Gasteiger partial charge >= 0.3 is 0 Å². The van der Waals surface area contributed by atoms with Gasteiger partial charge in [-0.2, -0.15) is 0 Å². The normalized spacial score (nSPS) is 11.6. The van der Waals surface area contributed by atoms with Gasteiger partial charge in [-0.25, -0.2) is 0 Å². The molecular formula is C8H7Cl3S. The molecule has 0 amide bonds. The first-order chi connectivity index (χ1) is 5.58. The van der Waals surface area contributed by atoms with Crippen molar-refractivity contribution in [2.45, 2.75) is 8.69 Å². The van der Waals surface area contributed by atoms with E-state index >= 15 is 0 Å². The molecule has 0 aromatic heterocycles. The van der Waals surface area contributed by atoms with Gasteiger partial charge in [-0.1, -0.05) is 53.0 Å². The first-order valence-electron chi connectivity index (χ1n) is 3.32. The molecule has 0 aliphatic heterocycles. The summed E-state index contributed by atoms with van der Waals surface area (Å²) in [5.41, 5.74) is 0. The first kappa shape index (κ1) is 10.5. The summed E-state index contributed by atoms with van der Waals surface area (Å²) in [5, 5.41) is 0. The van der Waals surface area contributed by atoms with E-state index in [4.69, 9.17) is 34.8 Å². The molecule has 0 heterocycles. The molecule has 0 aliphatic rings. The number of hydrogen-bond donors (Lipinski definition) is 0. The number of rotatable bonds is 2. The van der Waals surface area contributed by atoms with E-state index in [2.05, 4.69) is 0 Å². The van der Waals surface area contributed by atoms with Crippen LogP contribution in [-0.2, 0) is 0 Å². The zero-order valence-corrected chi connectivity index (χ0v) is 9.22. The summed E-state index contributed by atoms with van der Waals surface area (Å²) in [7, 11) is 0. The van der Waals surface area contributed by atoms with Crippen molar-refractivity contribution in [1.82, 2.24) is 0 Å². The van der Waals surface area contributed by atoms with Crippen LogP contribution in [0.15, 0.2) is 35.2 Å². The quantitative estimate of drug-likeness (QED) is 0.554. The van der Waals surface area contributed by atoms with Crippen LogP contribution in [0.3, 0.4) is 0 Å². The highest BCUT2D eigenvalue weighted by Gasteiger charge is 2.19. The van der Waals surface area contributed by atoms with Gasteiger partial charge in [0, 0.05) is 10.6 Å². The molecular weight excluding hydrogens is 235 g/mol. The molecule has 1 aromatic carbocycles. The standard InChI is InChI=1S/C8H7Cl3S/c9-8(10,11)6-12-7-4-2-1-3-5-7/h1-5H,6H2. The van der Waals surface area contributed by atoms with E-state index in [9.17, 15) is 0 Å². The van der Waals surface area contributed by atoms with Gasteiger partial charge in [0.25, 0.3) is 0 Å². The van der Waals surface area contributed by atoms with Crippen LogP contribution in [0.4, 0.5) is 0 Å². The molecule has 1 aromatic rings. The summed E-state index contributed by atoms with van der Waals surface area (Å²) in [4.78, 5) is 1.11. The third-order valence-electron chi connectivity index (χ3n) is 1.15. The van der Waals surface area contributed by atoms with Crippen molar-refractivity contribution < 1.29 is 0 Å². The number of benzene rings is 1. The Kier molecular flexibility index (Phi) is 4.04. The summed E-state index contributed by atoms with van der Waals surface area (Å²) < 4.78 is -1.17. The van der Waals surface area contributed by atoms with Crippen molar-refractivity contribution in [2.24, 2.45) is 0 Å². The Morgan fingerprint density at radius 2 is 1.67 bits per heavy atom. The van der Waals surface area contributed by atoms with Crippen molar-refractivity contribution >= 4 is 46.6 Å². The van der Waals surface area contributed by atoms with Crippen LogP contribution in [0, 0.1) is 0 Å². The van der Waals surface area contributed by atoms with Gasteiger partial charge < -0.3 is 0 Å². The number of halogens is 3. The molecule has 4 heteroatoms. The van der Waals surface area contributed by atoms with Gasteiger partial charge in [0.05, 0.1) is 0 Å². The van der Waals surface area contributed by atoms with Crippen molar-refractivity contribution in [1.29, 1.82) is 0 Å². The van der Waals surface area contributed by atoms with E-state index in [1.54, 1.807) is 0 Å². The Balaban J connectivity index is 2.44. The summed E-state index contributed by atoms with van der Waals surface area (Å²) >= 11 is 18.3. The van der Waals surface area contributed by atoms with E-state index in [-0.39, 0.29) is 0 Å². The Hall–Kier alpha value is 0.440. The topological polar surface area (TPSA) is 0 Å². The van der Waals surface area contributed by atoms with E-state index in [1.165, 1.54) is 11.8 Å². The maximum Gasteiger partial charge on any atom is 0.199 e. The third kappa shape index (κ3) is 4.46. The molecule has 0 saturated carbocycles. The van der Waals surface area contributed by atoms with Gasteiger partial charge in [-0.3, -0.25) is 0 Å². The minimum Gasteiger partial charge on any atom is -0.122 e. The second-order valence-corrected chi connectivity index (χ2v) is 5.78. The number of thioether (sulfide) groups is 1. The highest BCUT2D eigenvalue weighted by atomic mass is 35.6. The van der Waals surface area contributed by atoms with Crippen molar-refractivity contribution in [3.05, 3.63) is 30.3 Å². The van der Waals surface area contributed by atoms with Gasteiger partial charge in [0.2, 0.25) is 0 Å². The predicted octanol–water partition coefficient (Wildman–Crippen LogP) is 4.15. The second kappa shape index (κ2) is 4.61. The maximum absolute atomic E-state index is 5.59. The number of hydrogen-bond acceptors (Lipinski definition) is 1. The predicted molar refractivity (Wildman–Crippen MR) is 57.5 cm³/mol. The summed E-state index contributed by atoms with van der Waals surface area (Å²) in [6.45, 7) is 0. The van der Waals surface area contributed by atoms with Crippen LogP contribution in [0.25, 0.3) is 0 Å². The minimum atomic E-state index is -1.17. The Morgan fingerprint density at radius 1 is 1.08 bits per heavy atom. The van der Waals surface area contributed by atoms with Crippen molar-refractivity contribution in [3.8, 4) is 0 Å². The molecule has 0 fully saturated rings. The fraction of sp³-hybridized carbons (Fsp3) is 0.250. The molecule has 0 saturated heterocycles. The highest BCUT2D eigenvalue weighted by molar-refractivity contribution is 7.99. The molecule has 66 valence electrons. The molecule has 0 aliphatic carbocycles. The lowest BCUT2D eigenvalue weighted by Crippen LogP contribution is -2.04. The zero-order chi connectivity index (χ0) is 9.03. The highest BCUT2D eigenvalue weighted by Crippen LogP contribution is 2.33. The third-order valence-corrected chi connectivity index (χ3v) is 3.20. The van der Waals surface area contributed by atoms with Crippen LogP contribution < -0.4 is 0 Å². The van der Waals surface area contributed by atoms with Crippen LogP contribution in [-0.4, -0.2) is 9.55 Å². The lowest BCUT2D eigenvalue weighted by atomic mass is 10.4. The smallest absolute Gasteiger partial charge is 0.122 e. The van der Waals surface area contributed by atoms with Gasteiger partial charge in [-0.05, 0) is 12.1 Å². The van der Waals surface area contributed by atoms with Crippen LogP contribution in [0.1, 0.15) is 0 Å². The minimum absolute atomic E-state index is 0.474. The number of alkyl halides is 3. The van der Waals surface area contributed by atoms with E-state index in [0.29, 0.717) is 5.75 Å². The summed E-state index contributed by atoms with van der Waals surface area (Å²) in [6, 6.07) is 9.85. The van der Waals surface area contributed by atoms with E-state index < -0.39 is 3.79 Å². The van der Waals surface area contributed by atoms with E-state index in [0.717, 1.165) is 4.90 Å². The maximum atomic E-state index is 5.59. The molecule has 12 heavy (non-hydrogen) atoms. The average Bonchev–Trinajstić information content (AvgIpc) is 2.02. The largest absolute Gasteiger partial charge is 0.199 e. The molecule has 0 nitrogen and oxygen atoms in total. The first-order valence-corrected chi connectivity index (χ1v) is 5.44. The second-order valence-electron chi connectivity index (χ2n) is 2.22. The van der Waals surface area contributed by atoms with Crippen LogP contribution in [0.5, 0.6) is 0 Å². The SMILES string of the molecule is ClC(Cl)(Cl)CSc1ccccc1. The summed E-state index contributed by atoms with van der Waals surface area (Å²) in [5.74, 6) is 0.474. The lowest BCUT2D eigenvalue weighted by molar-refractivity contribution is 1.28. The monoisotopic (exact) mass is 240 g/mol. The van der Waals surface area contributed by atoms with Crippen LogP contribution in [0.2, 0.25) is 0 Å². The van der Waals surface area contributed by atoms with Gasteiger partial charge in [0.15, 0.2) is 3.79 Å². The molecule has 0 atom stereocenters. The Bertz CT molecular complexity index is 230. The molecule has 0 radical (unpaired) electrons. The lowest BCUT2D eigenvalue weighted by Gasteiger charge is -2.09. The molecule has 1 rings (SSSR count). The van der Waals surface area contributed by atoms with Crippen molar-refractivity contribution in [3.63, 3.8) is 0 Å². The Morgan fingerprint density at radius 3 is 2.17 bits per heavy atom. The van der Waals surface area contributed by atoms with Gasteiger partial charge in [0.1, 0.15) is 0 Å². The average molecular weight is 242 g/mol. The fourth-order valence-corrected chi connectivity index (χ4v) is 1.85. The molecule has 0 unspecified atom stereocenters. The zero-order valence-electron chi connectivity index (χ0n) is 6.14. The molecule has 0 N–H and O–H groups in total.